The Morgan fingerprint density at radius 3 is 2.67 bits per heavy atom. The van der Waals surface area contributed by atoms with Crippen molar-refractivity contribution in [1.29, 1.82) is 0 Å². The van der Waals surface area contributed by atoms with Gasteiger partial charge in [0.2, 0.25) is 10.0 Å². The standard InChI is InChI=1S/C14H22ClN3O2S/c1-2-8-16-14-13(15)9-12(10-17-14)21(19,20)18-11-6-4-3-5-7-11/h9-11,18H,2-8H2,1H3,(H,16,17). The van der Waals surface area contributed by atoms with Crippen LogP contribution in [0, 0.1) is 0 Å². The van der Waals surface area contributed by atoms with Gasteiger partial charge in [-0.25, -0.2) is 18.1 Å². The van der Waals surface area contributed by atoms with E-state index in [2.05, 4.69) is 15.0 Å². The van der Waals surface area contributed by atoms with Crippen LogP contribution in [-0.4, -0.2) is 26.0 Å². The second kappa shape index (κ2) is 7.42. The molecule has 0 aromatic carbocycles. The second-order valence-electron chi connectivity index (χ2n) is 5.38. The Hall–Kier alpha value is -0.850. The van der Waals surface area contributed by atoms with Gasteiger partial charge in [0.05, 0.1) is 5.02 Å². The lowest BCUT2D eigenvalue weighted by Crippen LogP contribution is -2.36. The fourth-order valence-corrected chi connectivity index (χ4v) is 4.02. The minimum absolute atomic E-state index is 0.0282. The van der Waals surface area contributed by atoms with Crippen molar-refractivity contribution >= 4 is 27.4 Å². The molecule has 21 heavy (non-hydrogen) atoms. The molecule has 1 aliphatic rings. The van der Waals surface area contributed by atoms with Gasteiger partial charge in [-0.15, -0.1) is 0 Å². The minimum Gasteiger partial charge on any atom is -0.369 e. The molecule has 0 amide bonds. The van der Waals surface area contributed by atoms with E-state index in [1.165, 1.54) is 18.7 Å². The summed E-state index contributed by atoms with van der Waals surface area (Å²) in [7, 11) is -3.54. The Morgan fingerprint density at radius 2 is 2.05 bits per heavy atom. The smallest absolute Gasteiger partial charge is 0.242 e. The van der Waals surface area contributed by atoms with Crippen LogP contribution in [0.4, 0.5) is 5.82 Å². The Morgan fingerprint density at radius 1 is 1.33 bits per heavy atom. The summed E-state index contributed by atoms with van der Waals surface area (Å²) in [4.78, 5) is 4.24. The van der Waals surface area contributed by atoms with Crippen LogP contribution in [0.15, 0.2) is 17.2 Å². The van der Waals surface area contributed by atoms with Crippen LogP contribution in [0.5, 0.6) is 0 Å². The quantitative estimate of drug-likeness (QED) is 0.840. The van der Waals surface area contributed by atoms with Gasteiger partial charge in [0, 0.05) is 18.8 Å². The van der Waals surface area contributed by atoms with Crippen LogP contribution in [0.25, 0.3) is 0 Å². The van der Waals surface area contributed by atoms with Crippen molar-refractivity contribution in [3.8, 4) is 0 Å². The fourth-order valence-electron chi connectivity index (χ4n) is 2.45. The second-order valence-corrected chi connectivity index (χ2v) is 7.51. The average molecular weight is 332 g/mol. The van der Waals surface area contributed by atoms with E-state index in [1.807, 2.05) is 6.92 Å². The molecular formula is C14H22ClN3O2S. The largest absolute Gasteiger partial charge is 0.369 e. The third-order valence-corrected chi connectivity index (χ3v) is 5.37. The Kier molecular flexibility index (Phi) is 5.84. The molecule has 0 atom stereocenters. The summed E-state index contributed by atoms with van der Waals surface area (Å²) in [5.41, 5.74) is 0. The molecule has 118 valence electrons. The molecule has 5 nitrogen and oxygen atoms in total. The molecule has 2 N–H and O–H groups in total. The zero-order valence-electron chi connectivity index (χ0n) is 12.2. The normalized spacial score (nSPS) is 16.9. The Balaban J connectivity index is 2.10. The van der Waals surface area contributed by atoms with Crippen molar-refractivity contribution in [3.63, 3.8) is 0 Å². The molecule has 1 heterocycles. The van der Waals surface area contributed by atoms with E-state index in [0.29, 0.717) is 10.8 Å². The van der Waals surface area contributed by atoms with E-state index in [4.69, 9.17) is 11.6 Å². The molecular weight excluding hydrogens is 310 g/mol. The highest BCUT2D eigenvalue weighted by atomic mass is 35.5. The zero-order valence-corrected chi connectivity index (χ0v) is 13.8. The van der Waals surface area contributed by atoms with Gasteiger partial charge in [-0.2, -0.15) is 0 Å². The van der Waals surface area contributed by atoms with E-state index >= 15 is 0 Å². The van der Waals surface area contributed by atoms with Crippen LogP contribution < -0.4 is 10.0 Å². The Bertz CT molecular complexity index is 572. The van der Waals surface area contributed by atoms with E-state index in [9.17, 15) is 8.42 Å². The van der Waals surface area contributed by atoms with E-state index in [1.54, 1.807) is 0 Å². The molecule has 1 fully saturated rings. The third kappa shape index (κ3) is 4.56. The average Bonchev–Trinajstić information content (AvgIpc) is 2.46. The summed E-state index contributed by atoms with van der Waals surface area (Å²) in [5.74, 6) is 0.523. The van der Waals surface area contributed by atoms with Gasteiger partial charge in [0.25, 0.3) is 0 Å². The molecule has 0 saturated heterocycles. The first kappa shape index (κ1) is 16.5. The predicted octanol–water partition coefficient (Wildman–Crippen LogP) is 3.17. The van der Waals surface area contributed by atoms with Crippen molar-refractivity contribution in [2.24, 2.45) is 0 Å². The predicted molar refractivity (Wildman–Crippen MR) is 85.2 cm³/mol. The van der Waals surface area contributed by atoms with Gasteiger partial charge in [-0.05, 0) is 25.3 Å². The highest BCUT2D eigenvalue weighted by Gasteiger charge is 2.22. The summed E-state index contributed by atoms with van der Waals surface area (Å²) in [6, 6.07) is 1.48. The summed E-state index contributed by atoms with van der Waals surface area (Å²) >= 11 is 6.10. The monoisotopic (exact) mass is 331 g/mol. The molecule has 0 spiro atoms. The van der Waals surface area contributed by atoms with Crippen molar-refractivity contribution in [2.75, 3.05) is 11.9 Å². The summed E-state index contributed by atoms with van der Waals surface area (Å²) in [5, 5.41) is 3.39. The highest BCUT2D eigenvalue weighted by Crippen LogP contribution is 2.24. The molecule has 1 aromatic rings. The SMILES string of the molecule is CCCNc1ncc(S(=O)(=O)NC2CCCCC2)cc1Cl. The maximum Gasteiger partial charge on any atom is 0.242 e. The van der Waals surface area contributed by atoms with Gasteiger partial charge in [0.1, 0.15) is 10.7 Å². The maximum absolute atomic E-state index is 12.3. The molecule has 2 rings (SSSR count). The van der Waals surface area contributed by atoms with Crippen molar-refractivity contribution in [1.82, 2.24) is 9.71 Å². The van der Waals surface area contributed by atoms with Crippen molar-refractivity contribution < 1.29 is 8.42 Å². The molecule has 0 bridgehead atoms. The number of halogens is 1. The summed E-state index contributed by atoms with van der Waals surface area (Å²) < 4.78 is 27.5. The van der Waals surface area contributed by atoms with Crippen LogP contribution in [0.3, 0.4) is 0 Å². The van der Waals surface area contributed by atoms with E-state index < -0.39 is 10.0 Å². The first-order valence-corrected chi connectivity index (χ1v) is 9.31. The number of nitrogens with zero attached hydrogens (tertiary/aromatic N) is 1. The lowest BCUT2D eigenvalue weighted by atomic mass is 9.96. The maximum atomic E-state index is 12.3. The highest BCUT2D eigenvalue weighted by molar-refractivity contribution is 7.89. The van der Waals surface area contributed by atoms with Crippen molar-refractivity contribution in [3.05, 3.63) is 17.3 Å². The van der Waals surface area contributed by atoms with Crippen LogP contribution in [-0.2, 0) is 10.0 Å². The summed E-state index contributed by atoms with van der Waals surface area (Å²) in [6.07, 6.45) is 7.44. The zero-order chi connectivity index (χ0) is 15.3. The first-order valence-electron chi connectivity index (χ1n) is 7.44. The van der Waals surface area contributed by atoms with E-state index in [0.717, 1.165) is 38.6 Å². The molecule has 1 aliphatic carbocycles. The summed E-state index contributed by atoms with van der Waals surface area (Å²) in [6.45, 7) is 2.78. The number of hydrogen-bond donors (Lipinski definition) is 2. The van der Waals surface area contributed by atoms with Crippen LogP contribution in [0.1, 0.15) is 45.4 Å². The van der Waals surface area contributed by atoms with Gasteiger partial charge >= 0.3 is 0 Å². The fraction of sp³-hybridized carbons (Fsp3) is 0.643. The molecule has 1 aromatic heterocycles. The number of sulfonamides is 1. The van der Waals surface area contributed by atoms with Crippen molar-refractivity contribution in [2.45, 2.75) is 56.4 Å². The minimum atomic E-state index is -3.54. The van der Waals surface area contributed by atoms with Crippen LogP contribution >= 0.6 is 11.6 Å². The number of pyridine rings is 1. The van der Waals surface area contributed by atoms with Gasteiger partial charge in [0.15, 0.2) is 0 Å². The number of nitrogens with one attached hydrogen (secondary N) is 2. The molecule has 0 radical (unpaired) electrons. The van der Waals surface area contributed by atoms with Gasteiger partial charge in [-0.3, -0.25) is 0 Å². The number of anilines is 1. The molecule has 7 heteroatoms. The van der Waals surface area contributed by atoms with Gasteiger partial charge < -0.3 is 5.32 Å². The topological polar surface area (TPSA) is 71.1 Å². The molecule has 0 aliphatic heterocycles. The lowest BCUT2D eigenvalue weighted by Gasteiger charge is -2.22. The first-order chi connectivity index (χ1) is 10.0. The number of aromatic nitrogens is 1. The van der Waals surface area contributed by atoms with E-state index in [-0.39, 0.29) is 10.9 Å². The molecule has 1 saturated carbocycles. The lowest BCUT2D eigenvalue weighted by molar-refractivity contribution is 0.412. The molecule has 0 unspecified atom stereocenters. The number of rotatable bonds is 6. The Labute approximate surface area is 131 Å². The number of hydrogen-bond acceptors (Lipinski definition) is 4. The third-order valence-electron chi connectivity index (χ3n) is 3.60. The van der Waals surface area contributed by atoms with Crippen LogP contribution in [0.2, 0.25) is 5.02 Å². The van der Waals surface area contributed by atoms with Gasteiger partial charge in [-0.1, -0.05) is 37.8 Å².